The van der Waals surface area contributed by atoms with Crippen molar-refractivity contribution in [1.82, 2.24) is 15.1 Å². The van der Waals surface area contributed by atoms with Crippen LogP contribution >= 0.6 is 0 Å². The van der Waals surface area contributed by atoms with E-state index in [9.17, 15) is 32.7 Å². The van der Waals surface area contributed by atoms with Crippen molar-refractivity contribution in [3.8, 4) is 0 Å². The number of carbonyl (C=O) groups is 4. The Morgan fingerprint density at radius 1 is 0.750 bits per heavy atom. The maximum atomic E-state index is 11.9. The third-order valence-corrected chi connectivity index (χ3v) is 6.62. The van der Waals surface area contributed by atoms with E-state index in [-0.39, 0.29) is 32.7 Å². The van der Waals surface area contributed by atoms with Crippen molar-refractivity contribution in [3.63, 3.8) is 0 Å². The number of amides is 1. The van der Waals surface area contributed by atoms with Gasteiger partial charge in [0.15, 0.2) is 5.25 Å². The van der Waals surface area contributed by atoms with E-state index in [2.05, 4.69) is 12.2 Å². The van der Waals surface area contributed by atoms with Crippen LogP contribution < -0.4 is 5.32 Å². The lowest BCUT2D eigenvalue weighted by Gasteiger charge is -2.26. The molecule has 0 heterocycles. The van der Waals surface area contributed by atoms with Crippen LogP contribution in [0.3, 0.4) is 0 Å². The first-order valence-electron chi connectivity index (χ1n) is 12.2. The van der Waals surface area contributed by atoms with E-state index < -0.39 is 45.6 Å². The third-order valence-electron chi connectivity index (χ3n) is 5.53. The topological polar surface area (TPSA) is 202 Å². The molecule has 0 bridgehead atoms. The SMILES string of the molecule is CCCCCCCCCCN(CCN(CCNC(=O)CC(C(=O)O)S(=O)(=O)O)CC(=O)O)CC(=O)O. The first-order valence-corrected chi connectivity index (χ1v) is 13.7. The van der Waals surface area contributed by atoms with E-state index in [4.69, 9.17) is 14.8 Å². The van der Waals surface area contributed by atoms with Gasteiger partial charge in [0.05, 0.1) is 19.5 Å². The van der Waals surface area contributed by atoms with Gasteiger partial charge in [0.1, 0.15) is 0 Å². The summed E-state index contributed by atoms with van der Waals surface area (Å²) in [6.07, 6.45) is 7.89. The summed E-state index contributed by atoms with van der Waals surface area (Å²) in [5.41, 5.74) is 0. The Hall–Kier alpha value is -2.29. The Labute approximate surface area is 212 Å². The Morgan fingerprint density at radius 2 is 1.22 bits per heavy atom. The zero-order valence-electron chi connectivity index (χ0n) is 20.9. The van der Waals surface area contributed by atoms with Gasteiger partial charge in [-0.1, -0.05) is 51.9 Å². The van der Waals surface area contributed by atoms with Crippen LogP contribution in [-0.2, 0) is 29.3 Å². The molecule has 14 heteroatoms. The number of carboxylic acid groups (broad SMARTS) is 3. The highest BCUT2D eigenvalue weighted by atomic mass is 32.2. The van der Waals surface area contributed by atoms with Crippen LogP contribution in [0, 0.1) is 0 Å². The molecule has 0 aliphatic rings. The lowest BCUT2D eigenvalue weighted by Crippen LogP contribution is -2.44. The van der Waals surface area contributed by atoms with Crippen LogP contribution in [0.5, 0.6) is 0 Å². The molecule has 0 saturated carbocycles. The molecule has 1 unspecified atom stereocenters. The minimum Gasteiger partial charge on any atom is -0.480 e. The molecule has 0 spiro atoms. The average Bonchev–Trinajstić information content (AvgIpc) is 2.75. The van der Waals surface area contributed by atoms with Crippen LogP contribution in [0.2, 0.25) is 0 Å². The molecule has 210 valence electrons. The predicted octanol–water partition coefficient (Wildman–Crippen LogP) is 0.748. The summed E-state index contributed by atoms with van der Waals surface area (Å²) in [7, 11) is -4.96. The second-order valence-electron chi connectivity index (χ2n) is 8.71. The first-order chi connectivity index (χ1) is 16.9. The van der Waals surface area contributed by atoms with Gasteiger partial charge in [0.25, 0.3) is 10.1 Å². The number of carbonyl (C=O) groups excluding carboxylic acids is 1. The highest BCUT2D eigenvalue weighted by Gasteiger charge is 2.33. The zero-order chi connectivity index (χ0) is 27.6. The molecule has 0 aromatic rings. The molecule has 0 saturated heterocycles. The molecule has 0 aromatic heterocycles. The van der Waals surface area contributed by atoms with Crippen molar-refractivity contribution in [3.05, 3.63) is 0 Å². The number of rotatable bonds is 23. The zero-order valence-corrected chi connectivity index (χ0v) is 21.7. The second-order valence-corrected chi connectivity index (χ2v) is 10.3. The Morgan fingerprint density at radius 3 is 1.67 bits per heavy atom. The standard InChI is InChI=1S/C22H41N3O10S/c1-2-3-4-5-6-7-8-9-11-24(16-20(27)28)13-14-25(17-21(29)30)12-10-23-19(26)15-18(22(31)32)36(33,34)35/h18H,2-17H2,1H3,(H,23,26)(H,27,28)(H,29,30)(H,31,32)(H,33,34,35). The molecule has 0 aromatic carbocycles. The Kier molecular flexibility index (Phi) is 17.7. The van der Waals surface area contributed by atoms with Crippen molar-refractivity contribution in [2.45, 2.75) is 70.0 Å². The molecule has 0 fully saturated rings. The van der Waals surface area contributed by atoms with Crippen molar-refractivity contribution >= 4 is 33.9 Å². The summed E-state index contributed by atoms with van der Waals surface area (Å²) in [6.45, 7) is 2.65. The number of unbranched alkanes of at least 4 members (excludes halogenated alkanes) is 7. The third kappa shape index (κ3) is 18.0. The number of nitrogens with zero attached hydrogens (tertiary/aromatic N) is 2. The minimum atomic E-state index is -4.96. The van der Waals surface area contributed by atoms with Gasteiger partial charge in [-0.25, -0.2) is 0 Å². The van der Waals surface area contributed by atoms with E-state index in [1.807, 2.05) is 0 Å². The lowest BCUT2D eigenvalue weighted by molar-refractivity contribution is -0.140. The van der Waals surface area contributed by atoms with E-state index in [1.54, 1.807) is 4.90 Å². The molecule has 5 N–H and O–H groups in total. The van der Waals surface area contributed by atoms with E-state index >= 15 is 0 Å². The van der Waals surface area contributed by atoms with Crippen LogP contribution in [-0.4, -0.2) is 113 Å². The molecule has 1 amide bonds. The molecule has 0 rings (SSSR count). The minimum absolute atomic E-state index is 0.0559. The summed E-state index contributed by atoms with van der Waals surface area (Å²) < 4.78 is 31.1. The fraction of sp³-hybridized carbons (Fsp3) is 0.818. The van der Waals surface area contributed by atoms with Gasteiger partial charge >= 0.3 is 17.9 Å². The number of hydrogen-bond donors (Lipinski definition) is 5. The Bertz CT molecular complexity index is 791. The molecule has 0 aliphatic carbocycles. The number of aliphatic carboxylic acids is 3. The normalized spacial score (nSPS) is 12.6. The van der Waals surface area contributed by atoms with Crippen molar-refractivity contribution in [2.24, 2.45) is 0 Å². The quantitative estimate of drug-likeness (QED) is 0.0902. The number of carboxylic acids is 3. The second kappa shape index (κ2) is 18.9. The smallest absolute Gasteiger partial charge is 0.324 e. The highest BCUT2D eigenvalue weighted by molar-refractivity contribution is 7.87. The maximum absolute atomic E-state index is 11.9. The van der Waals surface area contributed by atoms with Gasteiger partial charge in [0.2, 0.25) is 5.91 Å². The van der Waals surface area contributed by atoms with Gasteiger partial charge in [-0.15, -0.1) is 0 Å². The fourth-order valence-corrected chi connectivity index (χ4v) is 4.21. The van der Waals surface area contributed by atoms with Crippen LogP contribution in [0.25, 0.3) is 0 Å². The molecule has 0 radical (unpaired) electrons. The first kappa shape index (κ1) is 33.7. The summed E-state index contributed by atoms with van der Waals surface area (Å²) in [5.74, 6) is -4.91. The molecule has 36 heavy (non-hydrogen) atoms. The highest BCUT2D eigenvalue weighted by Crippen LogP contribution is 2.09. The lowest BCUT2D eigenvalue weighted by atomic mass is 10.1. The summed E-state index contributed by atoms with van der Waals surface area (Å²) >= 11 is 0. The predicted molar refractivity (Wildman–Crippen MR) is 131 cm³/mol. The van der Waals surface area contributed by atoms with Crippen molar-refractivity contribution in [1.29, 1.82) is 0 Å². The van der Waals surface area contributed by atoms with Gasteiger partial charge in [-0.3, -0.25) is 33.5 Å². The van der Waals surface area contributed by atoms with Crippen LogP contribution in [0.1, 0.15) is 64.7 Å². The van der Waals surface area contributed by atoms with Gasteiger partial charge in [-0.05, 0) is 13.0 Å². The van der Waals surface area contributed by atoms with Crippen molar-refractivity contribution < 1.29 is 47.5 Å². The van der Waals surface area contributed by atoms with Crippen LogP contribution in [0.15, 0.2) is 0 Å². The monoisotopic (exact) mass is 539 g/mol. The Balaban J connectivity index is 4.63. The molecular weight excluding hydrogens is 498 g/mol. The van der Waals surface area contributed by atoms with Crippen molar-refractivity contribution in [2.75, 3.05) is 45.8 Å². The molecular formula is C22H41N3O10S. The van der Waals surface area contributed by atoms with Gasteiger partial charge in [-0.2, -0.15) is 8.42 Å². The van der Waals surface area contributed by atoms with E-state index in [0.717, 1.165) is 25.7 Å². The molecule has 13 nitrogen and oxygen atoms in total. The van der Waals surface area contributed by atoms with Crippen LogP contribution in [0.4, 0.5) is 0 Å². The molecule has 1 atom stereocenters. The summed E-state index contributed by atoms with van der Waals surface area (Å²) in [5, 5.41) is 27.2. The van der Waals surface area contributed by atoms with Gasteiger partial charge < -0.3 is 20.6 Å². The summed E-state index contributed by atoms with van der Waals surface area (Å²) in [6, 6.07) is 0. The summed E-state index contributed by atoms with van der Waals surface area (Å²) in [4.78, 5) is 48.5. The van der Waals surface area contributed by atoms with E-state index in [0.29, 0.717) is 13.1 Å². The average molecular weight is 540 g/mol. The van der Waals surface area contributed by atoms with Gasteiger partial charge in [0, 0.05) is 26.2 Å². The number of hydrogen-bond acceptors (Lipinski definition) is 8. The number of nitrogens with one attached hydrogen (secondary N) is 1. The molecule has 0 aliphatic heterocycles. The van der Waals surface area contributed by atoms with E-state index in [1.165, 1.54) is 30.6 Å². The maximum Gasteiger partial charge on any atom is 0.324 e. The fourth-order valence-electron chi connectivity index (χ4n) is 3.59. The largest absolute Gasteiger partial charge is 0.480 e.